The van der Waals surface area contributed by atoms with Crippen molar-refractivity contribution < 1.29 is 14.6 Å². The second-order valence-electron chi connectivity index (χ2n) is 5.39. The largest absolute Gasteiger partial charge is 0.481 e. The number of aliphatic carboxylic acids is 1. The van der Waals surface area contributed by atoms with E-state index in [1.807, 2.05) is 0 Å². The lowest BCUT2D eigenvalue weighted by molar-refractivity contribution is -0.166. The molecule has 1 N–H and O–H groups in total. The molecule has 1 heterocycles. The number of fused-ring (bicyclic) bond motifs is 2. The molecule has 1 aliphatic heterocycles. The highest BCUT2D eigenvalue weighted by atomic mass is 16.5. The first kappa shape index (κ1) is 10.3. The molecule has 0 unspecified atom stereocenters. The van der Waals surface area contributed by atoms with E-state index in [0.29, 0.717) is 5.92 Å². The van der Waals surface area contributed by atoms with Crippen LogP contribution < -0.4 is 0 Å². The number of carboxylic acid groups (broad SMARTS) is 1. The second kappa shape index (κ2) is 3.59. The highest BCUT2D eigenvalue weighted by molar-refractivity contribution is 5.77. The molecule has 0 amide bonds. The van der Waals surface area contributed by atoms with Crippen LogP contribution in [0.4, 0.5) is 0 Å². The third kappa shape index (κ3) is 1.27. The molecule has 2 aliphatic carbocycles. The van der Waals surface area contributed by atoms with Crippen LogP contribution in [0.25, 0.3) is 0 Å². The van der Waals surface area contributed by atoms with Crippen LogP contribution in [-0.4, -0.2) is 23.8 Å². The van der Waals surface area contributed by atoms with Crippen molar-refractivity contribution in [2.45, 2.75) is 38.2 Å². The van der Waals surface area contributed by atoms with Crippen LogP contribution in [-0.2, 0) is 9.53 Å². The molecule has 0 aromatic heterocycles. The van der Waals surface area contributed by atoms with Gasteiger partial charge in [-0.25, -0.2) is 0 Å². The average Bonchev–Trinajstić information content (AvgIpc) is 2.90. The quantitative estimate of drug-likeness (QED) is 0.729. The summed E-state index contributed by atoms with van der Waals surface area (Å²) in [5.74, 6) is 0.0426. The lowest BCUT2D eigenvalue weighted by Gasteiger charge is -2.40. The van der Waals surface area contributed by atoms with Crippen LogP contribution in [0.1, 0.15) is 32.1 Å². The van der Waals surface area contributed by atoms with Gasteiger partial charge in [-0.3, -0.25) is 4.79 Å². The maximum absolute atomic E-state index is 11.7. The van der Waals surface area contributed by atoms with Gasteiger partial charge in [0.2, 0.25) is 0 Å². The van der Waals surface area contributed by atoms with Crippen LogP contribution >= 0.6 is 0 Å². The van der Waals surface area contributed by atoms with Gasteiger partial charge in [0.15, 0.2) is 0 Å². The molecule has 3 heteroatoms. The molecule has 0 spiro atoms. The topological polar surface area (TPSA) is 46.5 Å². The molecule has 4 atom stereocenters. The zero-order valence-corrected chi connectivity index (χ0v) is 9.39. The number of hydrogen-bond acceptors (Lipinski definition) is 2. The van der Waals surface area contributed by atoms with E-state index in [1.165, 1.54) is 0 Å². The maximum Gasteiger partial charge on any atom is 0.312 e. The summed E-state index contributed by atoms with van der Waals surface area (Å²) in [7, 11) is 0. The Balaban J connectivity index is 1.91. The van der Waals surface area contributed by atoms with Crippen molar-refractivity contribution in [1.29, 1.82) is 0 Å². The van der Waals surface area contributed by atoms with Crippen LogP contribution in [0, 0.1) is 17.3 Å². The van der Waals surface area contributed by atoms with E-state index in [4.69, 9.17) is 4.74 Å². The fourth-order valence-corrected chi connectivity index (χ4v) is 3.79. The molecule has 0 radical (unpaired) electrons. The van der Waals surface area contributed by atoms with Gasteiger partial charge in [0.05, 0.1) is 6.10 Å². The van der Waals surface area contributed by atoms with Crippen LogP contribution in [0.3, 0.4) is 0 Å². The van der Waals surface area contributed by atoms with Gasteiger partial charge in [-0.2, -0.15) is 0 Å². The molecule has 2 bridgehead atoms. The number of hydrogen-bond donors (Lipinski definition) is 1. The molecule has 2 fully saturated rings. The summed E-state index contributed by atoms with van der Waals surface area (Å²) in [6, 6.07) is 0. The second-order valence-corrected chi connectivity index (χ2v) is 5.39. The molecule has 3 nitrogen and oxygen atoms in total. The van der Waals surface area contributed by atoms with Crippen LogP contribution in [0.15, 0.2) is 12.2 Å². The first-order valence-electron chi connectivity index (χ1n) is 6.27. The Kier molecular flexibility index (Phi) is 2.32. The first-order valence-corrected chi connectivity index (χ1v) is 6.27. The number of carboxylic acids is 1. The van der Waals surface area contributed by atoms with Gasteiger partial charge in [0.1, 0.15) is 5.41 Å². The number of allylic oxidation sites excluding steroid dienone is 2. The van der Waals surface area contributed by atoms with Gasteiger partial charge in [-0.1, -0.05) is 12.2 Å². The summed E-state index contributed by atoms with van der Waals surface area (Å²) < 4.78 is 5.76. The molecular formula is C13H18O3. The third-order valence-corrected chi connectivity index (χ3v) is 4.59. The standard InChI is InChI=1S/C13H18O3/c14-12(15)13(11-3-1-2-6-16-11)8-9-4-5-10(13)7-9/h4-5,9-11H,1-3,6-8H2,(H,14,15)/t9-,10-,11-,13-/m0/s1. The molecular weight excluding hydrogens is 204 g/mol. The normalized spacial score (nSPS) is 46.1. The zero-order valence-electron chi connectivity index (χ0n) is 9.39. The fourth-order valence-electron chi connectivity index (χ4n) is 3.79. The Labute approximate surface area is 95.5 Å². The number of carbonyl (C=O) groups is 1. The third-order valence-electron chi connectivity index (χ3n) is 4.59. The van der Waals surface area contributed by atoms with Gasteiger partial charge in [-0.15, -0.1) is 0 Å². The van der Waals surface area contributed by atoms with Gasteiger partial charge in [0, 0.05) is 6.61 Å². The van der Waals surface area contributed by atoms with Crippen molar-refractivity contribution in [3.8, 4) is 0 Å². The summed E-state index contributed by atoms with van der Waals surface area (Å²) in [5.41, 5.74) is -0.611. The van der Waals surface area contributed by atoms with E-state index < -0.39 is 11.4 Å². The van der Waals surface area contributed by atoms with E-state index in [-0.39, 0.29) is 12.0 Å². The smallest absolute Gasteiger partial charge is 0.312 e. The average molecular weight is 222 g/mol. The predicted octanol–water partition coefficient (Wildman–Crippen LogP) is 2.22. The van der Waals surface area contributed by atoms with Crippen molar-refractivity contribution in [2.75, 3.05) is 6.61 Å². The van der Waals surface area contributed by atoms with E-state index in [0.717, 1.165) is 38.7 Å². The van der Waals surface area contributed by atoms with Crippen molar-refractivity contribution >= 4 is 5.97 Å². The van der Waals surface area contributed by atoms with E-state index in [9.17, 15) is 9.90 Å². The van der Waals surface area contributed by atoms with Crippen molar-refractivity contribution in [3.63, 3.8) is 0 Å². The van der Waals surface area contributed by atoms with Crippen LogP contribution in [0.2, 0.25) is 0 Å². The molecule has 0 aromatic rings. The minimum Gasteiger partial charge on any atom is -0.481 e. The van der Waals surface area contributed by atoms with E-state index >= 15 is 0 Å². The van der Waals surface area contributed by atoms with Crippen molar-refractivity contribution in [1.82, 2.24) is 0 Å². The highest BCUT2D eigenvalue weighted by Gasteiger charge is 2.58. The molecule has 16 heavy (non-hydrogen) atoms. The summed E-state index contributed by atoms with van der Waals surface area (Å²) >= 11 is 0. The summed E-state index contributed by atoms with van der Waals surface area (Å²) in [4.78, 5) is 11.7. The Morgan fingerprint density at radius 2 is 2.25 bits per heavy atom. The van der Waals surface area contributed by atoms with E-state index in [2.05, 4.69) is 12.2 Å². The number of rotatable bonds is 2. The molecule has 88 valence electrons. The molecule has 1 saturated heterocycles. The van der Waals surface area contributed by atoms with Gasteiger partial charge >= 0.3 is 5.97 Å². The Morgan fingerprint density at radius 3 is 2.75 bits per heavy atom. The lowest BCUT2D eigenvalue weighted by atomic mass is 9.69. The fraction of sp³-hybridized carbons (Fsp3) is 0.769. The summed E-state index contributed by atoms with van der Waals surface area (Å²) in [6.07, 6.45) is 9.16. The summed E-state index contributed by atoms with van der Waals surface area (Å²) in [6.45, 7) is 0.737. The first-order chi connectivity index (χ1) is 7.73. The van der Waals surface area contributed by atoms with Crippen LogP contribution in [0.5, 0.6) is 0 Å². The Morgan fingerprint density at radius 1 is 1.38 bits per heavy atom. The zero-order chi connectivity index (χ0) is 11.2. The van der Waals surface area contributed by atoms with Crippen molar-refractivity contribution in [2.24, 2.45) is 17.3 Å². The Hall–Kier alpha value is -0.830. The summed E-state index contributed by atoms with van der Waals surface area (Å²) in [5, 5.41) is 9.62. The molecule has 1 saturated carbocycles. The molecule has 3 aliphatic rings. The lowest BCUT2D eigenvalue weighted by Crippen LogP contribution is -2.48. The predicted molar refractivity (Wildman–Crippen MR) is 59.0 cm³/mol. The highest BCUT2D eigenvalue weighted by Crippen LogP contribution is 2.56. The van der Waals surface area contributed by atoms with Gasteiger partial charge < -0.3 is 9.84 Å². The van der Waals surface area contributed by atoms with E-state index in [1.54, 1.807) is 0 Å². The van der Waals surface area contributed by atoms with Crippen molar-refractivity contribution in [3.05, 3.63) is 12.2 Å². The van der Waals surface area contributed by atoms with Gasteiger partial charge in [0.25, 0.3) is 0 Å². The number of ether oxygens (including phenoxy) is 1. The maximum atomic E-state index is 11.7. The van der Waals surface area contributed by atoms with Gasteiger partial charge in [-0.05, 0) is 43.9 Å². The minimum atomic E-state index is -0.642. The SMILES string of the molecule is O=C(O)[C@@]1([C@@H]2CCCCO2)C[C@H]2C=C[C@H]1C2. The monoisotopic (exact) mass is 222 g/mol. The minimum absolute atomic E-state index is 0.0568. The Bertz CT molecular complexity index is 330. The molecule has 0 aromatic carbocycles. The molecule has 3 rings (SSSR count).